The summed E-state index contributed by atoms with van der Waals surface area (Å²) >= 11 is 0. The van der Waals surface area contributed by atoms with Gasteiger partial charge in [-0.3, -0.25) is 4.79 Å². The molecule has 0 atom stereocenters. The lowest BCUT2D eigenvalue weighted by Gasteiger charge is -2.07. The van der Waals surface area contributed by atoms with Gasteiger partial charge in [0.15, 0.2) is 0 Å². The summed E-state index contributed by atoms with van der Waals surface area (Å²) in [5.41, 5.74) is 7.31. The smallest absolute Gasteiger partial charge is 0.221 e. The lowest BCUT2D eigenvalue weighted by molar-refractivity contribution is -0.117. The van der Waals surface area contributed by atoms with Crippen LogP contribution < -0.4 is 11.1 Å². The maximum absolute atomic E-state index is 10.9. The van der Waals surface area contributed by atoms with Gasteiger partial charge >= 0.3 is 0 Å². The Kier molecular flexibility index (Phi) is 14.5. The van der Waals surface area contributed by atoms with Gasteiger partial charge in [-0.2, -0.15) is 0 Å². The van der Waals surface area contributed by atoms with Crippen molar-refractivity contribution in [2.75, 3.05) is 11.9 Å². The van der Waals surface area contributed by atoms with E-state index in [0.29, 0.717) is 6.42 Å². The summed E-state index contributed by atoms with van der Waals surface area (Å²) in [6.07, 6.45) is 19.8. The Morgan fingerprint density at radius 2 is 1.19 bits per heavy atom. The normalized spacial score (nSPS) is 10.9. The van der Waals surface area contributed by atoms with Gasteiger partial charge in [0.05, 0.1) is 6.42 Å². The summed E-state index contributed by atoms with van der Waals surface area (Å²) in [6, 6.07) is 8.00. The van der Waals surface area contributed by atoms with Crippen LogP contribution in [0.5, 0.6) is 0 Å². The number of carbonyl (C=O) groups is 1. The van der Waals surface area contributed by atoms with E-state index in [1.165, 1.54) is 89.9 Å². The van der Waals surface area contributed by atoms with Crippen LogP contribution in [-0.4, -0.2) is 12.5 Å². The fourth-order valence-corrected chi connectivity index (χ4v) is 3.49. The topological polar surface area (TPSA) is 55.1 Å². The highest BCUT2D eigenvalue weighted by molar-refractivity contribution is 5.76. The first-order valence-electron chi connectivity index (χ1n) is 11.3. The monoisotopic (exact) mass is 374 g/mol. The third kappa shape index (κ3) is 14.2. The Bertz CT molecular complexity index is 470. The largest absolute Gasteiger partial charge is 0.385 e. The molecule has 0 aliphatic carbocycles. The van der Waals surface area contributed by atoms with Gasteiger partial charge in [0.25, 0.3) is 0 Å². The number of rotatable bonds is 18. The van der Waals surface area contributed by atoms with Gasteiger partial charge in [0, 0.05) is 12.2 Å². The second kappa shape index (κ2) is 16.6. The number of hydrogen-bond acceptors (Lipinski definition) is 2. The first-order chi connectivity index (χ1) is 13.2. The van der Waals surface area contributed by atoms with E-state index in [2.05, 4.69) is 12.2 Å². The van der Waals surface area contributed by atoms with Crippen molar-refractivity contribution in [3.8, 4) is 0 Å². The Balaban J connectivity index is 1.84. The lowest BCUT2D eigenvalue weighted by Crippen LogP contribution is -2.13. The van der Waals surface area contributed by atoms with Crippen molar-refractivity contribution in [3.63, 3.8) is 0 Å². The molecule has 0 fully saturated rings. The van der Waals surface area contributed by atoms with E-state index in [0.717, 1.165) is 17.8 Å². The maximum Gasteiger partial charge on any atom is 0.221 e. The third-order valence-corrected chi connectivity index (χ3v) is 5.19. The molecule has 0 heterocycles. The van der Waals surface area contributed by atoms with Gasteiger partial charge in [-0.05, 0) is 24.1 Å². The number of benzene rings is 1. The van der Waals surface area contributed by atoms with Crippen LogP contribution in [-0.2, 0) is 11.2 Å². The molecule has 3 N–H and O–H groups in total. The van der Waals surface area contributed by atoms with Crippen LogP contribution in [0.25, 0.3) is 0 Å². The summed E-state index contributed by atoms with van der Waals surface area (Å²) in [7, 11) is 0. The number of amides is 1. The van der Waals surface area contributed by atoms with Crippen molar-refractivity contribution < 1.29 is 4.79 Å². The van der Waals surface area contributed by atoms with Crippen LogP contribution >= 0.6 is 0 Å². The molecule has 3 heteroatoms. The van der Waals surface area contributed by atoms with Gasteiger partial charge in [-0.1, -0.05) is 103 Å². The predicted molar refractivity (Wildman–Crippen MR) is 118 cm³/mol. The Morgan fingerprint density at radius 3 is 1.63 bits per heavy atom. The van der Waals surface area contributed by atoms with Crippen LogP contribution in [0.3, 0.4) is 0 Å². The molecule has 0 aromatic heterocycles. The van der Waals surface area contributed by atoms with Crippen LogP contribution in [0, 0.1) is 0 Å². The Labute approximate surface area is 167 Å². The third-order valence-electron chi connectivity index (χ3n) is 5.19. The SMILES string of the molecule is CCCCCCCCCCCCCCCCNc1ccc(CC(N)=O)cc1. The second-order valence-electron chi connectivity index (χ2n) is 7.86. The fraction of sp³-hybridized carbons (Fsp3) is 0.708. The molecule has 0 spiro atoms. The molecule has 0 saturated heterocycles. The van der Waals surface area contributed by atoms with E-state index in [4.69, 9.17) is 5.73 Å². The zero-order chi connectivity index (χ0) is 19.6. The average molecular weight is 375 g/mol. The highest BCUT2D eigenvalue weighted by Crippen LogP contribution is 2.14. The van der Waals surface area contributed by atoms with E-state index >= 15 is 0 Å². The number of nitrogens with one attached hydrogen (secondary N) is 1. The molecule has 0 aliphatic rings. The number of anilines is 1. The van der Waals surface area contributed by atoms with E-state index in [1.54, 1.807) is 0 Å². The van der Waals surface area contributed by atoms with Gasteiger partial charge in [0.1, 0.15) is 0 Å². The summed E-state index contributed by atoms with van der Waals surface area (Å²) < 4.78 is 0. The molecule has 1 aromatic carbocycles. The highest BCUT2D eigenvalue weighted by Gasteiger charge is 1.99. The van der Waals surface area contributed by atoms with Crippen LogP contribution in [0.1, 0.15) is 102 Å². The molecule has 1 amide bonds. The molecule has 154 valence electrons. The van der Waals surface area contributed by atoms with E-state index in [9.17, 15) is 4.79 Å². The molecule has 0 radical (unpaired) electrons. The summed E-state index contributed by atoms with van der Waals surface area (Å²) in [4.78, 5) is 10.9. The molecule has 0 unspecified atom stereocenters. The molecule has 0 aliphatic heterocycles. The van der Waals surface area contributed by atoms with Gasteiger partial charge in [0.2, 0.25) is 5.91 Å². The summed E-state index contributed by atoms with van der Waals surface area (Å²) in [5, 5.41) is 3.45. The lowest BCUT2D eigenvalue weighted by atomic mass is 10.0. The van der Waals surface area contributed by atoms with Crippen molar-refractivity contribution in [2.45, 2.75) is 103 Å². The maximum atomic E-state index is 10.9. The minimum Gasteiger partial charge on any atom is -0.385 e. The Hall–Kier alpha value is -1.51. The zero-order valence-electron chi connectivity index (χ0n) is 17.6. The molecule has 1 rings (SSSR count). The number of carbonyl (C=O) groups excluding carboxylic acids is 1. The van der Waals surface area contributed by atoms with E-state index < -0.39 is 0 Å². The fourth-order valence-electron chi connectivity index (χ4n) is 3.49. The van der Waals surface area contributed by atoms with Crippen LogP contribution in [0.4, 0.5) is 5.69 Å². The molecule has 27 heavy (non-hydrogen) atoms. The van der Waals surface area contributed by atoms with Crippen molar-refractivity contribution in [3.05, 3.63) is 29.8 Å². The predicted octanol–water partition coefficient (Wildman–Crippen LogP) is 6.61. The highest BCUT2D eigenvalue weighted by atomic mass is 16.1. The van der Waals surface area contributed by atoms with E-state index in [-0.39, 0.29) is 5.91 Å². The van der Waals surface area contributed by atoms with Crippen molar-refractivity contribution in [1.29, 1.82) is 0 Å². The van der Waals surface area contributed by atoms with Crippen LogP contribution in [0.2, 0.25) is 0 Å². The van der Waals surface area contributed by atoms with Crippen molar-refractivity contribution >= 4 is 11.6 Å². The number of unbranched alkanes of at least 4 members (excludes halogenated alkanes) is 13. The molecule has 3 nitrogen and oxygen atoms in total. The zero-order valence-corrected chi connectivity index (χ0v) is 17.6. The molecule has 1 aromatic rings. The summed E-state index contributed by atoms with van der Waals surface area (Å²) in [6.45, 7) is 3.30. The number of hydrogen-bond donors (Lipinski definition) is 2. The summed E-state index contributed by atoms with van der Waals surface area (Å²) in [5.74, 6) is -0.280. The van der Waals surface area contributed by atoms with Crippen molar-refractivity contribution in [2.24, 2.45) is 5.73 Å². The number of primary amides is 1. The van der Waals surface area contributed by atoms with Gasteiger partial charge < -0.3 is 11.1 Å². The first kappa shape index (κ1) is 23.5. The standard InChI is InChI=1S/C24H42N2O/c1-2-3-4-5-6-7-8-9-10-11-12-13-14-15-20-26-23-18-16-22(17-19-23)21-24(25)27/h16-19,26H,2-15,20-21H2,1H3,(H2,25,27). The quantitative estimate of drug-likeness (QED) is 0.284. The molecule has 0 bridgehead atoms. The van der Waals surface area contributed by atoms with Gasteiger partial charge in [-0.25, -0.2) is 0 Å². The average Bonchev–Trinajstić information content (AvgIpc) is 2.66. The molecule has 0 saturated carbocycles. The minimum atomic E-state index is -0.280. The first-order valence-corrected chi connectivity index (χ1v) is 11.3. The number of nitrogens with two attached hydrogens (primary N) is 1. The van der Waals surface area contributed by atoms with E-state index in [1.807, 2.05) is 24.3 Å². The second-order valence-corrected chi connectivity index (χ2v) is 7.86. The van der Waals surface area contributed by atoms with Crippen molar-refractivity contribution in [1.82, 2.24) is 0 Å². The van der Waals surface area contributed by atoms with Crippen LogP contribution in [0.15, 0.2) is 24.3 Å². The Morgan fingerprint density at radius 1 is 0.741 bits per heavy atom. The van der Waals surface area contributed by atoms with Gasteiger partial charge in [-0.15, -0.1) is 0 Å². The minimum absolute atomic E-state index is 0.280. The molecular weight excluding hydrogens is 332 g/mol. The molecular formula is C24H42N2O.